The van der Waals surface area contributed by atoms with Crippen LogP contribution in [0.2, 0.25) is 0 Å². The number of aromatic nitrogens is 2. The van der Waals surface area contributed by atoms with Crippen LogP contribution in [-0.2, 0) is 10.9 Å². The van der Waals surface area contributed by atoms with Crippen molar-refractivity contribution in [1.29, 1.82) is 0 Å². The molecule has 19 heavy (non-hydrogen) atoms. The highest BCUT2D eigenvalue weighted by Crippen LogP contribution is 2.28. The average molecular weight is 275 g/mol. The molecule has 106 valence electrons. The third kappa shape index (κ3) is 3.56. The summed E-state index contributed by atoms with van der Waals surface area (Å²) >= 11 is 0. The minimum absolute atomic E-state index is 0.0107. The van der Waals surface area contributed by atoms with Gasteiger partial charge >= 0.3 is 6.18 Å². The lowest BCUT2D eigenvalue weighted by molar-refractivity contribution is -0.141. The summed E-state index contributed by atoms with van der Waals surface area (Å²) < 4.78 is 43.0. The van der Waals surface area contributed by atoms with E-state index in [9.17, 15) is 13.2 Å². The first-order valence-corrected chi connectivity index (χ1v) is 6.26. The first-order chi connectivity index (χ1) is 9.00. The van der Waals surface area contributed by atoms with Gasteiger partial charge in [-0.2, -0.15) is 13.2 Å². The van der Waals surface area contributed by atoms with Crippen LogP contribution in [0.3, 0.4) is 0 Å². The third-order valence-electron chi connectivity index (χ3n) is 3.22. The quantitative estimate of drug-likeness (QED) is 0.917. The summed E-state index contributed by atoms with van der Waals surface area (Å²) in [5.74, 6) is 0.305. The van der Waals surface area contributed by atoms with E-state index in [-0.39, 0.29) is 12.1 Å². The van der Waals surface area contributed by atoms with Gasteiger partial charge in [0.2, 0.25) is 5.95 Å². The molecule has 0 saturated carbocycles. The van der Waals surface area contributed by atoms with Gasteiger partial charge in [-0.1, -0.05) is 6.92 Å². The zero-order valence-electron chi connectivity index (χ0n) is 10.6. The lowest BCUT2D eigenvalue weighted by Crippen LogP contribution is -2.23. The van der Waals surface area contributed by atoms with Crippen molar-refractivity contribution in [3.05, 3.63) is 18.0 Å². The zero-order valence-corrected chi connectivity index (χ0v) is 10.6. The molecule has 7 heteroatoms. The van der Waals surface area contributed by atoms with Crippen LogP contribution in [0.5, 0.6) is 0 Å². The van der Waals surface area contributed by atoms with Gasteiger partial charge in [0.25, 0.3) is 0 Å². The van der Waals surface area contributed by atoms with Gasteiger partial charge in [0.1, 0.15) is 5.69 Å². The number of hydrogen-bond acceptors (Lipinski definition) is 4. The Bertz CT molecular complexity index is 425. The van der Waals surface area contributed by atoms with E-state index in [1.165, 1.54) is 0 Å². The zero-order chi connectivity index (χ0) is 13.9. The lowest BCUT2D eigenvalue weighted by Gasteiger charge is -2.17. The van der Waals surface area contributed by atoms with Crippen LogP contribution in [0.1, 0.15) is 25.5 Å². The highest BCUT2D eigenvalue weighted by atomic mass is 19.4. The van der Waals surface area contributed by atoms with Crippen LogP contribution >= 0.6 is 0 Å². The number of hydrogen-bond donors (Lipinski definition) is 1. The van der Waals surface area contributed by atoms with E-state index in [0.717, 1.165) is 25.1 Å². The summed E-state index contributed by atoms with van der Waals surface area (Å²) in [6.45, 7) is 3.26. The monoisotopic (exact) mass is 275 g/mol. The van der Waals surface area contributed by atoms with Gasteiger partial charge in [0, 0.05) is 25.3 Å². The molecular formula is C12H16F3N3O. The highest BCUT2D eigenvalue weighted by molar-refractivity contribution is 5.26. The van der Waals surface area contributed by atoms with Crippen molar-refractivity contribution < 1.29 is 17.9 Å². The molecule has 1 fully saturated rings. The van der Waals surface area contributed by atoms with Crippen LogP contribution in [-0.4, -0.2) is 29.2 Å². The number of anilines is 1. The summed E-state index contributed by atoms with van der Waals surface area (Å²) in [5, 5.41) is 2.86. The second-order valence-electron chi connectivity index (χ2n) is 4.51. The maximum Gasteiger partial charge on any atom is 0.433 e. The predicted molar refractivity (Wildman–Crippen MR) is 63.7 cm³/mol. The lowest BCUT2D eigenvalue weighted by atomic mass is 10.00. The fraction of sp³-hybridized carbons (Fsp3) is 0.667. The second kappa shape index (κ2) is 5.73. The number of rotatable bonds is 4. The number of nitrogens with one attached hydrogen (secondary N) is 1. The maximum absolute atomic E-state index is 12.5. The molecule has 1 saturated heterocycles. The molecule has 1 aromatic rings. The van der Waals surface area contributed by atoms with Crippen LogP contribution in [0.15, 0.2) is 12.3 Å². The molecule has 0 amide bonds. The molecule has 2 heterocycles. The molecule has 0 aliphatic carbocycles. The van der Waals surface area contributed by atoms with Gasteiger partial charge < -0.3 is 10.1 Å². The normalized spacial score (nSPS) is 23.6. The molecule has 0 bridgehead atoms. The fourth-order valence-electron chi connectivity index (χ4n) is 2.20. The van der Waals surface area contributed by atoms with Crippen molar-refractivity contribution in [2.24, 2.45) is 5.92 Å². The van der Waals surface area contributed by atoms with Gasteiger partial charge in [0.05, 0.1) is 6.10 Å². The predicted octanol–water partition coefficient (Wildman–Crippen LogP) is 2.72. The summed E-state index contributed by atoms with van der Waals surface area (Å²) in [4.78, 5) is 7.27. The Morgan fingerprint density at radius 1 is 1.47 bits per heavy atom. The van der Waals surface area contributed by atoms with Crippen molar-refractivity contribution in [2.45, 2.75) is 32.0 Å². The molecule has 0 radical (unpaired) electrons. The van der Waals surface area contributed by atoms with Crippen molar-refractivity contribution in [1.82, 2.24) is 9.97 Å². The largest absolute Gasteiger partial charge is 0.433 e. The molecule has 0 spiro atoms. The number of ether oxygens (including phenoxy) is 1. The van der Waals surface area contributed by atoms with Gasteiger partial charge in [-0.05, 0) is 18.9 Å². The number of alkyl halides is 3. The molecule has 2 rings (SSSR count). The average Bonchev–Trinajstić information content (AvgIpc) is 2.83. The van der Waals surface area contributed by atoms with Gasteiger partial charge in [-0.3, -0.25) is 0 Å². The highest BCUT2D eigenvalue weighted by Gasteiger charge is 2.33. The standard InChI is InChI=1S/C12H16F3N3O/c1-2-9-8(4-6-19-9)7-17-11-16-5-3-10(18-11)12(13,14)15/h3,5,8-9H,2,4,6-7H2,1H3,(H,16,17,18). The molecule has 1 N–H and O–H groups in total. The van der Waals surface area contributed by atoms with Crippen LogP contribution in [0, 0.1) is 5.92 Å². The first kappa shape index (κ1) is 14.0. The third-order valence-corrected chi connectivity index (χ3v) is 3.22. The van der Waals surface area contributed by atoms with Gasteiger partial charge in [0.15, 0.2) is 0 Å². The molecule has 1 aromatic heterocycles. The van der Waals surface area contributed by atoms with E-state index in [1.807, 2.05) is 6.92 Å². The molecular weight excluding hydrogens is 259 g/mol. The van der Waals surface area contributed by atoms with Gasteiger partial charge in [-0.25, -0.2) is 9.97 Å². The molecule has 1 aliphatic rings. The SMILES string of the molecule is CCC1OCCC1CNc1nccc(C(F)(F)F)n1. The molecule has 4 nitrogen and oxygen atoms in total. The van der Waals surface area contributed by atoms with Crippen LogP contribution in [0.25, 0.3) is 0 Å². The fourth-order valence-corrected chi connectivity index (χ4v) is 2.20. The Labute approximate surface area is 109 Å². The molecule has 2 unspecified atom stereocenters. The van der Waals surface area contributed by atoms with Crippen molar-refractivity contribution in [3.63, 3.8) is 0 Å². The van der Waals surface area contributed by atoms with E-state index < -0.39 is 11.9 Å². The summed E-state index contributed by atoms with van der Waals surface area (Å²) in [5.41, 5.74) is -0.931. The topological polar surface area (TPSA) is 47.0 Å². The Hall–Kier alpha value is -1.37. The van der Waals surface area contributed by atoms with Gasteiger partial charge in [-0.15, -0.1) is 0 Å². The Balaban J connectivity index is 1.96. The molecule has 2 atom stereocenters. The smallest absolute Gasteiger partial charge is 0.378 e. The Kier molecular flexibility index (Phi) is 4.24. The van der Waals surface area contributed by atoms with Crippen molar-refractivity contribution >= 4 is 5.95 Å². The Morgan fingerprint density at radius 2 is 2.26 bits per heavy atom. The van der Waals surface area contributed by atoms with Crippen molar-refractivity contribution in [2.75, 3.05) is 18.5 Å². The summed E-state index contributed by atoms with van der Waals surface area (Å²) in [6.07, 6.45) is -1.36. The summed E-state index contributed by atoms with van der Waals surface area (Å²) in [7, 11) is 0. The van der Waals surface area contributed by atoms with Crippen molar-refractivity contribution in [3.8, 4) is 0 Å². The van der Waals surface area contributed by atoms with E-state index in [2.05, 4.69) is 15.3 Å². The Morgan fingerprint density at radius 3 is 2.95 bits per heavy atom. The number of halogens is 3. The summed E-state index contributed by atoms with van der Waals surface area (Å²) in [6, 6.07) is 0.860. The maximum atomic E-state index is 12.5. The molecule has 1 aliphatic heterocycles. The second-order valence-corrected chi connectivity index (χ2v) is 4.51. The van der Waals surface area contributed by atoms with Crippen LogP contribution < -0.4 is 5.32 Å². The first-order valence-electron chi connectivity index (χ1n) is 6.26. The van der Waals surface area contributed by atoms with E-state index >= 15 is 0 Å². The minimum atomic E-state index is -4.44. The van der Waals surface area contributed by atoms with E-state index in [0.29, 0.717) is 19.1 Å². The van der Waals surface area contributed by atoms with E-state index in [4.69, 9.17) is 4.74 Å². The molecule has 0 aromatic carbocycles. The van der Waals surface area contributed by atoms with Crippen LogP contribution in [0.4, 0.5) is 19.1 Å². The minimum Gasteiger partial charge on any atom is -0.378 e. The number of nitrogens with zero attached hydrogens (tertiary/aromatic N) is 2. The van der Waals surface area contributed by atoms with E-state index in [1.54, 1.807) is 0 Å².